The number of rotatable bonds is 3. The quantitative estimate of drug-likeness (QED) is 0.860. The first kappa shape index (κ1) is 12.1. The van der Waals surface area contributed by atoms with E-state index in [-0.39, 0.29) is 5.41 Å². The van der Waals surface area contributed by atoms with E-state index in [1.54, 1.807) is 0 Å². The molecule has 3 rings (SSSR count). The number of fused-ring (bicyclic) bond motifs is 1. The van der Waals surface area contributed by atoms with Crippen LogP contribution >= 0.6 is 12.6 Å². The van der Waals surface area contributed by atoms with Gasteiger partial charge in [0, 0.05) is 12.5 Å². The van der Waals surface area contributed by atoms with Gasteiger partial charge in [-0.3, -0.25) is 0 Å². The molecule has 1 fully saturated rings. The lowest BCUT2D eigenvalue weighted by Gasteiger charge is -2.41. The number of imidazole rings is 1. The van der Waals surface area contributed by atoms with E-state index in [0.717, 1.165) is 36.7 Å². The predicted molar refractivity (Wildman–Crippen MR) is 76.4 cm³/mol. The predicted octanol–water partition coefficient (Wildman–Crippen LogP) is 2.47. The third kappa shape index (κ3) is 1.67. The lowest BCUT2D eigenvalue weighted by molar-refractivity contribution is -0.0613. The molecule has 0 unspecified atom stereocenters. The van der Waals surface area contributed by atoms with Crippen molar-refractivity contribution < 1.29 is 4.74 Å². The van der Waals surface area contributed by atoms with Crippen LogP contribution in [-0.2, 0) is 17.2 Å². The number of thiol groups is 1. The summed E-state index contributed by atoms with van der Waals surface area (Å²) in [5, 5.41) is 0. The minimum atomic E-state index is 0.168. The molecular formula is C14H18N2OS. The standard InChI is InChI=1S/C14H18N2OS/c1-10-15-12-7-11(3-4-13(12)16(10)2)14(5-6-18)8-17-9-14/h3-4,7,18H,5-6,8-9H2,1-2H3. The van der Waals surface area contributed by atoms with Gasteiger partial charge >= 0.3 is 0 Å². The normalized spacial score (nSPS) is 17.9. The highest BCUT2D eigenvalue weighted by Gasteiger charge is 2.39. The summed E-state index contributed by atoms with van der Waals surface area (Å²) in [6, 6.07) is 6.60. The maximum absolute atomic E-state index is 5.43. The fourth-order valence-corrected chi connectivity index (χ4v) is 3.10. The molecule has 0 N–H and O–H groups in total. The highest BCUT2D eigenvalue weighted by molar-refractivity contribution is 7.80. The molecule has 0 atom stereocenters. The van der Waals surface area contributed by atoms with Gasteiger partial charge in [0.25, 0.3) is 0 Å². The van der Waals surface area contributed by atoms with E-state index in [1.165, 1.54) is 11.1 Å². The van der Waals surface area contributed by atoms with Crippen LogP contribution in [0.25, 0.3) is 11.0 Å². The summed E-state index contributed by atoms with van der Waals surface area (Å²) in [6.45, 7) is 3.66. The largest absolute Gasteiger partial charge is 0.379 e. The Kier molecular flexibility index (Phi) is 2.87. The maximum atomic E-state index is 5.43. The zero-order chi connectivity index (χ0) is 12.8. The van der Waals surface area contributed by atoms with Crippen molar-refractivity contribution in [2.45, 2.75) is 18.8 Å². The molecule has 1 aliphatic heterocycles. The van der Waals surface area contributed by atoms with E-state index in [9.17, 15) is 0 Å². The van der Waals surface area contributed by atoms with E-state index in [1.807, 2.05) is 6.92 Å². The van der Waals surface area contributed by atoms with Crippen LogP contribution in [0.2, 0.25) is 0 Å². The molecule has 3 nitrogen and oxygen atoms in total. The summed E-state index contributed by atoms with van der Waals surface area (Å²) in [5.74, 6) is 1.94. The van der Waals surface area contributed by atoms with Crippen LogP contribution in [0.1, 0.15) is 17.8 Å². The van der Waals surface area contributed by atoms with Crippen molar-refractivity contribution in [2.24, 2.45) is 7.05 Å². The molecule has 2 heterocycles. The van der Waals surface area contributed by atoms with Gasteiger partial charge < -0.3 is 9.30 Å². The van der Waals surface area contributed by atoms with Gasteiger partial charge in [0.1, 0.15) is 5.82 Å². The first-order valence-electron chi connectivity index (χ1n) is 6.28. The molecule has 0 spiro atoms. The molecule has 0 amide bonds. The highest BCUT2D eigenvalue weighted by Crippen LogP contribution is 2.37. The molecule has 1 aromatic carbocycles. The number of aromatic nitrogens is 2. The molecule has 0 aliphatic carbocycles. The van der Waals surface area contributed by atoms with Crippen LogP contribution in [0, 0.1) is 6.92 Å². The third-order valence-corrected chi connectivity index (χ3v) is 4.29. The Morgan fingerprint density at radius 1 is 1.44 bits per heavy atom. The van der Waals surface area contributed by atoms with Crippen molar-refractivity contribution in [3.63, 3.8) is 0 Å². The zero-order valence-electron chi connectivity index (χ0n) is 10.8. The van der Waals surface area contributed by atoms with Crippen molar-refractivity contribution in [3.8, 4) is 0 Å². The Morgan fingerprint density at radius 3 is 2.83 bits per heavy atom. The molecular weight excluding hydrogens is 244 g/mol. The highest BCUT2D eigenvalue weighted by atomic mass is 32.1. The van der Waals surface area contributed by atoms with E-state index >= 15 is 0 Å². The third-order valence-electron chi connectivity index (χ3n) is 4.06. The summed E-state index contributed by atoms with van der Waals surface area (Å²) < 4.78 is 7.55. The average Bonchev–Trinajstić information content (AvgIpc) is 2.59. The van der Waals surface area contributed by atoms with Crippen molar-refractivity contribution in [1.82, 2.24) is 9.55 Å². The van der Waals surface area contributed by atoms with Crippen LogP contribution in [0.15, 0.2) is 18.2 Å². The first-order chi connectivity index (χ1) is 8.66. The van der Waals surface area contributed by atoms with Crippen molar-refractivity contribution in [3.05, 3.63) is 29.6 Å². The molecule has 96 valence electrons. The summed E-state index contributed by atoms with van der Waals surface area (Å²) >= 11 is 4.37. The second kappa shape index (κ2) is 4.28. The summed E-state index contributed by atoms with van der Waals surface area (Å²) in [7, 11) is 2.06. The molecule has 1 aromatic heterocycles. The molecule has 1 aliphatic rings. The molecule has 18 heavy (non-hydrogen) atoms. The lowest BCUT2D eigenvalue weighted by atomic mass is 9.76. The molecule has 0 saturated carbocycles. The number of hydrogen-bond acceptors (Lipinski definition) is 3. The minimum Gasteiger partial charge on any atom is -0.379 e. The van der Waals surface area contributed by atoms with E-state index in [0.29, 0.717) is 0 Å². The number of ether oxygens (including phenoxy) is 1. The van der Waals surface area contributed by atoms with Crippen LogP contribution in [0.3, 0.4) is 0 Å². The topological polar surface area (TPSA) is 27.1 Å². The Labute approximate surface area is 113 Å². The number of nitrogens with zero attached hydrogens (tertiary/aromatic N) is 2. The molecule has 2 aromatic rings. The van der Waals surface area contributed by atoms with Gasteiger partial charge in [-0.05, 0) is 36.8 Å². The monoisotopic (exact) mass is 262 g/mol. The molecule has 0 radical (unpaired) electrons. The fourth-order valence-electron chi connectivity index (χ4n) is 2.67. The van der Waals surface area contributed by atoms with Crippen LogP contribution in [-0.4, -0.2) is 28.5 Å². The van der Waals surface area contributed by atoms with Gasteiger partial charge in [0.2, 0.25) is 0 Å². The van der Waals surface area contributed by atoms with Gasteiger partial charge in [-0.2, -0.15) is 12.6 Å². The van der Waals surface area contributed by atoms with Crippen molar-refractivity contribution >= 4 is 23.7 Å². The lowest BCUT2D eigenvalue weighted by Crippen LogP contribution is -2.47. The van der Waals surface area contributed by atoms with E-state index in [2.05, 4.69) is 47.4 Å². The number of aryl methyl sites for hydroxylation is 2. The SMILES string of the molecule is Cc1nc2cc(C3(CCS)COC3)ccc2n1C. The Morgan fingerprint density at radius 2 is 2.22 bits per heavy atom. The van der Waals surface area contributed by atoms with E-state index in [4.69, 9.17) is 4.74 Å². The van der Waals surface area contributed by atoms with Crippen molar-refractivity contribution in [1.29, 1.82) is 0 Å². The smallest absolute Gasteiger partial charge is 0.106 e. The Bertz CT molecular complexity index is 587. The minimum absolute atomic E-state index is 0.168. The van der Waals surface area contributed by atoms with Gasteiger partial charge in [-0.15, -0.1) is 0 Å². The molecule has 4 heteroatoms. The van der Waals surface area contributed by atoms with Gasteiger partial charge in [-0.25, -0.2) is 4.98 Å². The van der Waals surface area contributed by atoms with Crippen molar-refractivity contribution in [2.75, 3.05) is 19.0 Å². The zero-order valence-corrected chi connectivity index (χ0v) is 11.7. The Balaban J connectivity index is 2.07. The molecule has 0 bridgehead atoms. The van der Waals surface area contributed by atoms with Gasteiger partial charge in [-0.1, -0.05) is 6.07 Å². The second-order valence-corrected chi connectivity index (χ2v) is 5.62. The Hall–Kier alpha value is -1.00. The fraction of sp³-hybridized carbons (Fsp3) is 0.500. The summed E-state index contributed by atoms with van der Waals surface area (Å²) in [6.07, 6.45) is 1.06. The van der Waals surface area contributed by atoms with Crippen LogP contribution < -0.4 is 0 Å². The summed E-state index contributed by atoms with van der Waals surface area (Å²) in [5.41, 5.74) is 3.78. The first-order valence-corrected chi connectivity index (χ1v) is 6.92. The second-order valence-electron chi connectivity index (χ2n) is 5.17. The van der Waals surface area contributed by atoms with E-state index < -0.39 is 0 Å². The van der Waals surface area contributed by atoms with Crippen LogP contribution in [0.5, 0.6) is 0 Å². The summed E-state index contributed by atoms with van der Waals surface area (Å²) in [4.78, 5) is 4.61. The average molecular weight is 262 g/mol. The van der Waals surface area contributed by atoms with Gasteiger partial charge in [0.15, 0.2) is 0 Å². The number of hydrogen-bond donors (Lipinski definition) is 1. The maximum Gasteiger partial charge on any atom is 0.106 e. The number of benzene rings is 1. The van der Waals surface area contributed by atoms with Gasteiger partial charge in [0.05, 0.1) is 24.2 Å². The molecule has 1 saturated heterocycles. The van der Waals surface area contributed by atoms with Crippen LogP contribution in [0.4, 0.5) is 0 Å².